The second-order valence-electron chi connectivity index (χ2n) is 3.97. The summed E-state index contributed by atoms with van der Waals surface area (Å²) in [6, 6.07) is 0. The molecule has 62 valence electrons. The SMILES string of the molecule is CC(O)C[C@H](O)C(C)(C)C. The van der Waals surface area contributed by atoms with Gasteiger partial charge in [-0.2, -0.15) is 0 Å². The van der Waals surface area contributed by atoms with E-state index in [2.05, 4.69) is 0 Å². The van der Waals surface area contributed by atoms with Crippen LogP contribution in [-0.2, 0) is 0 Å². The molecule has 0 amide bonds. The van der Waals surface area contributed by atoms with Crippen molar-refractivity contribution in [2.45, 2.75) is 46.3 Å². The second-order valence-corrected chi connectivity index (χ2v) is 3.97. The average molecular weight is 146 g/mol. The van der Waals surface area contributed by atoms with Crippen LogP contribution >= 0.6 is 0 Å². The van der Waals surface area contributed by atoms with Gasteiger partial charge in [-0.15, -0.1) is 0 Å². The molecule has 0 aromatic carbocycles. The van der Waals surface area contributed by atoms with E-state index < -0.39 is 12.2 Å². The van der Waals surface area contributed by atoms with E-state index >= 15 is 0 Å². The minimum atomic E-state index is -0.410. The third kappa shape index (κ3) is 3.85. The zero-order chi connectivity index (χ0) is 8.36. The molecular weight excluding hydrogens is 128 g/mol. The molecule has 1 unspecified atom stereocenters. The van der Waals surface area contributed by atoms with E-state index in [1.54, 1.807) is 6.92 Å². The van der Waals surface area contributed by atoms with Crippen LogP contribution in [0.25, 0.3) is 0 Å². The third-order valence-electron chi connectivity index (χ3n) is 1.56. The summed E-state index contributed by atoms with van der Waals surface area (Å²) in [6.45, 7) is 7.56. The Morgan fingerprint density at radius 2 is 1.60 bits per heavy atom. The van der Waals surface area contributed by atoms with E-state index in [4.69, 9.17) is 5.11 Å². The van der Waals surface area contributed by atoms with Crippen molar-refractivity contribution in [2.75, 3.05) is 0 Å². The topological polar surface area (TPSA) is 40.5 Å². The van der Waals surface area contributed by atoms with Gasteiger partial charge in [-0.3, -0.25) is 0 Å². The van der Waals surface area contributed by atoms with Crippen molar-refractivity contribution in [2.24, 2.45) is 5.41 Å². The van der Waals surface area contributed by atoms with Crippen molar-refractivity contribution in [3.05, 3.63) is 0 Å². The summed E-state index contributed by atoms with van der Waals surface area (Å²) in [7, 11) is 0. The van der Waals surface area contributed by atoms with Gasteiger partial charge in [0.05, 0.1) is 12.2 Å². The molecule has 0 aliphatic carbocycles. The van der Waals surface area contributed by atoms with Crippen LogP contribution in [0.1, 0.15) is 34.1 Å². The fourth-order valence-corrected chi connectivity index (χ4v) is 0.677. The van der Waals surface area contributed by atoms with Crippen LogP contribution in [0.4, 0.5) is 0 Å². The van der Waals surface area contributed by atoms with E-state index in [1.165, 1.54) is 0 Å². The first-order valence-electron chi connectivity index (χ1n) is 3.70. The standard InChI is InChI=1S/C8H18O2/c1-6(9)5-7(10)8(2,3)4/h6-7,9-10H,5H2,1-4H3/t6?,7-/m0/s1. The average Bonchev–Trinajstić information content (AvgIpc) is 1.60. The smallest absolute Gasteiger partial charge is 0.0613 e. The summed E-state index contributed by atoms with van der Waals surface area (Å²) < 4.78 is 0. The second kappa shape index (κ2) is 3.35. The molecule has 0 radical (unpaired) electrons. The van der Waals surface area contributed by atoms with E-state index in [-0.39, 0.29) is 5.41 Å². The molecule has 0 bridgehead atoms. The highest BCUT2D eigenvalue weighted by Crippen LogP contribution is 2.22. The first-order valence-corrected chi connectivity index (χ1v) is 3.70. The van der Waals surface area contributed by atoms with Crippen molar-refractivity contribution in [1.29, 1.82) is 0 Å². The van der Waals surface area contributed by atoms with Crippen LogP contribution in [-0.4, -0.2) is 22.4 Å². The molecule has 0 aliphatic heterocycles. The highest BCUT2D eigenvalue weighted by atomic mass is 16.3. The first kappa shape index (κ1) is 9.92. The number of aliphatic hydroxyl groups is 2. The molecule has 0 aromatic rings. The highest BCUT2D eigenvalue weighted by molar-refractivity contribution is 4.73. The highest BCUT2D eigenvalue weighted by Gasteiger charge is 2.22. The van der Waals surface area contributed by atoms with Crippen molar-refractivity contribution >= 4 is 0 Å². The zero-order valence-corrected chi connectivity index (χ0v) is 7.26. The molecule has 0 aliphatic rings. The molecule has 0 fully saturated rings. The van der Waals surface area contributed by atoms with Crippen LogP contribution in [0.15, 0.2) is 0 Å². The van der Waals surface area contributed by atoms with Crippen molar-refractivity contribution in [3.8, 4) is 0 Å². The van der Waals surface area contributed by atoms with Gasteiger partial charge in [-0.25, -0.2) is 0 Å². The maximum absolute atomic E-state index is 9.40. The third-order valence-corrected chi connectivity index (χ3v) is 1.56. The number of hydrogen-bond acceptors (Lipinski definition) is 2. The molecule has 2 atom stereocenters. The van der Waals surface area contributed by atoms with Crippen molar-refractivity contribution in [3.63, 3.8) is 0 Å². The predicted molar refractivity (Wildman–Crippen MR) is 41.8 cm³/mol. The summed E-state index contributed by atoms with van der Waals surface area (Å²) in [5.41, 5.74) is -0.114. The van der Waals surface area contributed by atoms with Crippen LogP contribution in [0.5, 0.6) is 0 Å². The summed E-state index contributed by atoms with van der Waals surface area (Å²) in [4.78, 5) is 0. The lowest BCUT2D eigenvalue weighted by molar-refractivity contribution is 0.0188. The number of rotatable bonds is 2. The van der Waals surface area contributed by atoms with Crippen molar-refractivity contribution < 1.29 is 10.2 Å². The van der Waals surface area contributed by atoms with Crippen LogP contribution in [0.2, 0.25) is 0 Å². The molecule has 2 N–H and O–H groups in total. The van der Waals surface area contributed by atoms with Gasteiger partial charge in [-0.1, -0.05) is 20.8 Å². The Morgan fingerprint density at radius 3 is 1.70 bits per heavy atom. The summed E-state index contributed by atoms with van der Waals surface area (Å²) in [5, 5.41) is 18.3. The quantitative estimate of drug-likeness (QED) is 0.614. The minimum Gasteiger partial charge on any atom is -0.393 e. The summed E-state index contributed by atoms with van der Waals surface area (Å²) in [5.74, 6) is 0. The fraction of sp³-hybridized carbons (Fsp3) is 1.00. The van der Waals surface area contributed by atoms with E-state index in [1.807, 2.05) is 20.8 Å². The Hall–Kier alpha value is -0.0800. The Bertz CT molecular complexity index is 91.9. The molecule has 0 saturated heterocycles. The molecule has 0 spiro atoms. The Morgan fingerprint density at radius 1 is 1.20 bits per heavy atom. The summed E-state index contributed by atoms with van der Waals surface area (Å²) >= 11 is 0. The van der Waals surface area contributed by atoms with Gasteiger partial charge >= 0.3 is 0 Å². The minimum absolute atomic E-state index is 0.114. The van der Waals surface area contributed by atoms with Gasteiger partial charge in [0, 0.05) is 0 Å². The molecule has 0 saturated carbocycles. The van der Waals surface area contributed by atoms with Crippen LogP contribution < -0.4 is 0 Å². The van der Waals surface area contributed by atoms with E-state index in [0.717, 1.165) is 0 Å². The Balaban J connectivity index is 3.73. The van der Waals surface area contributed by atoms with Gasteiger partial charge in [0.15, 0.2) is 0 Å². The van der Waals surface area contributed by atoms with Gasteiger partial charge in [-0.05, 0) is 18.8 Å². The first-order chi connectivity index (χ1) is 4.34. The van der Waals surface area contributed by atoms with E-state index in [0.29, 0.717) is 6.42 Å². The van der Waals surface area contributed by atoms with Gasteiger partial charge < -0.3 is 10.2 Å². The van der Waals surface area contributed by atoms with E-state index in [9.17, 15) is 5.11 Å². The lowest BCUT2D eigenvalue weighted by atomic mass is 9.86. The van der Waals surface area contributed by atoms with Crippen LogP contribution in [0.3, 0.4) is 0 Å². The van der Waals surface area contributed by atoms with Gasteiger partial charge in [0.2, 0.25) is 0 Å². The van der Waals surface area contributed by atoms with Crippen molar-refractivity contribution in [1.82, 2.24) is 0 Å². The molecule has 10 heavy (non-hydrogen) atoms. The number of aliphatic hydroxyl groups excluding tert-OH is 2. The maximum atomic E-state index is 9.40. The fourth-order valence-electron chi connectivity index (χ4n) is 0.677. The molecule has 2 heteroatoms. The van der Waals surface area contributed by atoms with Crippen LogP contribution in [0, 0.1) is 5.41 Å². The monoisotopic (exact) mass is 146 g/mol. The normalized spacial score (nSPS) is 18.6. The van der Waals surface area contributed by atoms with Gasteiger partial charge in [0.1, 0.15) is 0 Å². The Labute approximate surface area is 62.9 Å². The lowest BCUT2D eigenvalue weighted by Crippen LogP contribution is -2.29. The molecule has 2 nitrogen and oxygen atoms in total. The molecule has 0 rings (SSSR count). The van der Waals surface area contributed by atoms with Gasteiger partial charge in [0.25, 0.3) is 0 Å². The largest absolute Gasteiger partial charge is 0.393 e. The summed E-state index contributed by atoms with van der Waals surface area (Å²) in [6.07, 6.45) is -0.356. The maximum Gasteiger partial charge on any atom is 0.0613 e. The Kier molecular flexibility index (Phi) is 3.33. The molecule has 0 aromatic heterocycles. The number of hydrogen-bond donors (Lipinski definition) is 2. The predicted octanol–water partition coefficient (Wildman–Crippen LogP) is 1.16. The molecule has 0 heterocycles. The lowest BCUT2D eigenvalue weighted by Gasteiger charge is -2.26. The molecular formula is C8H18O2. The zero-order valence-electron chi connectivity index (χ0n) is 7.26.